The van der Waals surface area contributed by atoms with Gasteiger partial charge in [0.1, 0.15) is 0 Å². The summed E-state index contributed by atoms with van der Waals surface area (Å²) in [6, 6.07) is 0. The van der Waals surface area contributed by atoms with Crippen molar-refractivity contribution < 1.29 is 14.7 Å². The molecule has 0 radical (unpaired) electrons. The maximum atomic E-state index is 12.0. The van der Waals surface area contributed by atoms with E-state index >= 15 is 0 Å². The Morgan fingerprint density at radius 1 is 1.24 bits per heavy atom. The summed E-state index contributed by atoms with van der Waals surface area (Å²) in [7, 11) is 0. The summed E-state index contributed by atoms with van der Waals surface area (Å²) in [4.78, 5) is 23.1. The first-order chi connectivity index (χ1) is 8.09. The lowest BCUT2D eigenvalue weighted by Gasteiger charge is -2.27. The Hall–Kier alpha value is -1.06. The van der Waals surface area contributed by atoms with Crippen LogP contribution >= 0.6 is 0 Å². The molecule has 1 amide bonds. The van der Waals surface area contributed by atoms with Crippen molar-refractivity contribution in [2.45, 2.75) is 39.0 Å². The largest absolute Gasteiger partial charge is 0.481 e. The highest BCUT2D eigenvalue weighted by atomic mass is 16.4. The fourth-order valence-corrected chi connectivity index (χ4v) is 2.79. The average Bonchev–Trinajstić information content (AvgIpc) is 3.02. The Labute approximate surface area is 102 Å². The lowest BCUT2D eigenvalue weighted by molar-refractivity contribution is -0.148. The molecule has 2 aliphatic rings. The summed E-state index contributed by atoms with van der Waals surface area (Å²) in [5, 5.41) is 12.0. The van der Waals surface area contributed by atoms with Crippen LogP contribution in [0.25, 0.3) is 0 Å². The molecule has 0 saturated heterocycles. The molecule has 2 rings (SSSR count). The standard InChI is InChI=1S/C13H21NO3/c1-8-6-9(8)7-14-12(15)10-4-2-3-5-11(10)13(16)17/h8-11H,2-7H2,1H3,(H,14,15)(H,16,17)/t8?,9?,10-,11+/m1/s1. The van der Waals surface area contributed by atoms with Gasteiger partial charge in [0.2, 0.25) is 5.91 Å². The Balaban J connectivity index is 1.84. The molecule has 96 valence electrons. The molecule has 2 unspecified atom stereocenters. The smallest absolute Gasteiger partial charge is 0.307 e. The highest BCUT2D eigenvalue weighted by Gasteiger charge is 2.37. The number of nitrogens with one attached hydrogen (secondary N) is 1. The Kier molecular flexibility index (Phi) is 3.69. The number of amides is 1. The molecule has 0 spiro atoms. The molecule has 4 atom stereocenters. The van der Waals surface area contributed by atoms with Crippen LogP contribution in [0.3, 0.4) is 0 Å². The van der Waals surface area contributed by atoms with E-state index in [1.165, 1.54) is 6.42 Å². The van der Waals surface area contributed by atoms with Gasteiger partial charge in [-0.3, -0.25) is 9.59 Å². The van der Waals surface area contributed by atoms with Gasteiger partial charge in [-0.25, -0.2) is 0 Å². The second-order valence-electron chi connectivity index (χ2n) is 5.55. The number of hydrogen-bond donors (Lipinski definition) is 2. The minimum atomic E-state index is -0.815. The van der Waals surface area contributed by atoms with Crippen LogP contribution in [0.1, 0.15) is 39.0 Å². The highest BCUT2D eigenvalue weighted by Crippen LogP contribution is 2.37. The van der Waals surface area contributed by atoms with Gasteiger partial charge in [-0.2, -0.15) is 0 Å². The van der Waals surface area contributed by atoms with E-state index in [9.17, 15) is 9.59 Å². The van der Waals surface area contributed by atoms with Crippen LogP contribution in [0.15, 0.2) is 0 Å². The van der Waals surface area contributed by atoms with Crippen LogP contribution in [0.2, 0.25) is 0 Å². The number of hydrogen-bond acceptors (Lipinski definition) is 2. The third-order valence-corrected chi connectivity index (χ3v) is 4.23. The highest BCUT2D eigenvalue weighted by molar-refractivity contribution is 5.84. The molecule has 0 aromatic carbocycles. The first kappa shape index (κ1) is 12.4. The fraction of sp³-hybridized carbons (Fsp3) is 0.846. The number of aliphatic carboxylic acids is 1. The summed E-state index contributed by atoms with van der Waals surface area (Å²) < 4.78 is 0. The zero-order valence-electron chi connectivity index (χ0n) is 10.3. The quantitative estimate of drug-likeness (QED) is 0.784. The lowest BCUT2D eigenvalue weighted by atomic mass is 9.78. The van der Waals surface area contributed by atoms with E-state index in [-0.39, 0.29) is 11.8 Å². The van der Waals surface area contributed by atoms with Crippen molar-refractivity contribution in [3.8, 4) is 0 Å². The van der Waals surface area contributed by atoms with Gasteiger partial charge in [0, 0.05) is 6.54 Å². The predicted molar refractivity (Wildman–Crippen MR) is 63.4 cm³/mol. The van der Waals surface area contributed by atoms with E-state index in [2.05, 4.69) is 12.2 Å². The Morgan fingerprint density at radius 2 is 1.82 bits per heavy atom. The van der Waals surface area contributed by atoms with Crippen LogP contribution < -0.4 is 5.32 Å². The van der Waals surface area contributed by atoms with Gasteiger partial charge < -0.3 is 10.4 Å². The van der Waals surface area contributed by atoms with Crippen LogP contribution in [-0.2, 0) is 9.59 Å². The van der Waals surface area contributed by atoms with E-state index in [1.807, 2.05) is 0 Å². The normalized spacial score (nSPS) is 36.3. The third-order valence-electron chi connectivity index (χ3n) is 4.23. The van der Waals surface area contributed by atoms with Crippen molar-refractivity contribution in [2.75, 3.05) is 6.54 Å². The second-order valence-corrected chi connectivity index (χ2v) is 5.55. The molecule has 0 heterocycles. The first-order valence-corrected chi connectivity index (χ1v) is 6.60. The van der Waals surface area contributed by atoms with Crippen LogP contribution in [0, 0.1) is 23.7 Å². The molecular formula is C13H21NO3. The van der Waals surface area contributed by atoms with Crippen molar-refractivity contribution in [3.05, 3.63) is 0 Å². The molecule has 17 heavy (non-hydrogen) atoms. The van der Waals surface area contributed by atoms with Crippen molar-refractivity contribution in [2.24, 2.45) is 23.7 Å². The van der Waals surface area contributed by atoms with Crippen molar-refractivity contribution in [1.29, 1.82) is 0 Å². The maximum Gasteiger partial charge on any atom is 0.307 e. The van der Waals surface area contributed by atoms with Crippen LogP contribution in [0.5, 0.6) is 0 Å². The van der Waals surface area contributed by atoms with Gasteiger partial charge in [0.15, 0.2) is 0 Å². The minimum Gasteiger partial charge on any atom is -0.481 e. The zero-order chi connectivity index (χ0) is 12.4. The summed E-state index contributed by atoms with van der Waals surface area (Å²) in [6.07, 6.45) is 4.46. The summed E-state index contributed by atoms with van der Waals surface area (Å²) >= 11 is 0. The van der Waals surface area contributed by atoms with Crippen LogP contribution in [-0.4, -0.2) is 23.5 Å². The lowest BCUT2D eigenvalue weighted by Crippen LogP contribution is -2.40. The van der Waals surface area contributed by atoms with Crippen molar-refractivity contribution >= 4 is 11.9 Å². The fourth-order valence-electron chi connectivity index (χ4n) is 2.79. The molecule has 2 saturated carbocycles. The molecule has 0 bridgehead atoms. The molecular weight excluding hydrogens is 218 g/mol. The molecule has 0 aromatic rings. The van der Waals surface area contributed by atoms with Crippen molar-refractivity contribution in [3.63, 3.8) is 0 Å². The van der Waals surface area contributed by atoms with E-state index < -0.39 is 11.9 Å². The number of carboxylic acids is 1. The number of carbonyl (C=O) groups excluding carboxylic acids is 1. The molecule has 4 heteroatoms. The molecule has 2 N–H and O–H groups in total. The van der Waals surface area contributed by atoms with E-state index in [4.69, 9.17) is 5.11 Å². The minimum absolute atomic E-state index is 0.0452. The number of rotatable bonds is 4. The average molecular weight is 239 g/mol. The molecule has 4 nitrogen and oxygen atoms in total. The van der Waals surface area contributed by atoms with Gasteiger partial charge in [-0.15, -0.1) is 0 Å². The predicted octanol–water partition coefficient (Wildman–Crippen LogP) is 1.65. The van der Waals surface area contributed by atoms with Crippen molar-refractivity contribution in [1.82, 2.24) is 5.32 Å². The molecule has 2 aliphatic carbocycles. The van der Waals surface area contributed by atoms with E-state index in [0.29, 0.717) is 12.3 Å². The summed E-state index contributed by atoms with van der Waals surface area (Å²) in [5.41, 5.74) is 0. The Morgan fingerprint density at radius 3 is 2.35 bits per heavy atom. The maximum absolute atomic E-state index is 12.0. The van der Waals surface area contributed by atoms with Gasteiger partial charge in [-0.1, -0.05) is 19.8 Å². The zero-order valence-corrected chi connectivity index (χ0v) is 10.3. The molecule has 2 fully saturated rings. The number of carboxylic acid groups (broad SMARTS) is 1. The Bertz CT molecular complexity index is 316. The van der Waals surface area contributed by atoms with Gasteiger partial charge in [0.25, 0.3) is 0 Å². The van der Waals surface area contributed by atoms with Crippen LogP contribution in [0.4, 0.5) is 0 Å². The molecule has 0 aliphatic heterocycles. The van der Waals surface area contributed by atoms with Gasteiger partial charge in [-0.05, 0) is 31.1 Å². The van der Waals surface area contributed by atoms with E-state index in [0.717, 1.165) is 31.7 Å². The van der Waals surface area contributed by atoms with Gasteiger partial charge >= 0.3 is 5.97 Å². The molecule has 0 aromatic heterocycles. The monoisotopic (exact) mass is 239 g/mol. The SMILES string of the molecule is CC1CC1CNC(=O)[C@@H]1CCCC[C@@H]1C(=O)O. The first-order valence-electron chi connectivity index (χ1n) is 6.60. The second kappa shape index (κ2) is 5.07. The summed E-state index contributed by atoms with van der Waals surface area (Å²) in [6.45, 7) is 2.90. The summed E-state index contributed by atoms with van der Waals surface area (Å²) in [5.74, 6) is -0.306. The van der Waals surface area contributed by atoms with E-state index in [1.54, 1.807) is 0 Å². The topological polar surface area (TPSA) is 66.4 Å². The van der Waals surface area contributed by atoms with Gasteiger partial charge in [0.05, 0.1) is 11.8 Å². The third kappa shape index (κ3) is 2.99. The number of carbonyl (C=O) groups is 2.